The molecule has 2 nitrogen and oxygen atoms in total. The monoisotopic (exact) mass is 150 g/mol. The zero-order valence-electron chi connectivity index (χ0n) is 6.85. The summed E-state index contributed by atoms with van der Waals surface area (Å²) in [7, 11) is 0. The molecule has 0 amide bonds. The van der Waals surface area contributed by atoms with E-state index in [2.05, 4.69) is 12.2 Å². The third-order valence-corrected chi connectivity index (χ3v) is 2.58. The van der Waals surface area contributed by atoms with Crippen LogP contribution in [0.15, 0.2) is 23.0 Å². The predicted molar refractivity (Wildman–Crippen MR) is 45.7 cm³/mol. The standard InChI is InChI=1S/C9H14N2/c1-6-5-9(10)11-8-4-2-3-7(6)8/h5,8,11H,2-4,10H2,1H3. The van der Waals surface area contributed by atoms with E-state index in [0.717, 1.165) is 5.82 Å². The highest BCUT2D eigenvalue weighted by Gasteiger charge is 2.24. The minimum atomic E-state index is 0.556. The van der Waals surface area contributed by atoms with Crippen LogP contribution >= 0.6 is 0 Å². The number of nitrogens with two attached hydrogens (primary N) is 1. The molecule has 1 unspecified atom stereocenters. The molecule has 1 fully saturated rings. The molecule has 0 saturated heterocycles. The van der Waals surface area contributed by atoms with Gasteiger partial charge in [-0.05, 0) is 43.4 Å². The van der Waals surface area contributed by atoms with E-state index in [-0.39, 0.29) is 0 Å². The minimum absolute atomic E-state index is 0.556. The van der Waals surface area contributed by atoms with Gasteiger partial charge in [0.2, 0.25) is 0 Å². The van der Waals surface area contributed by atoms with E-state index < -0.39 is 0 Å². The van der Waals surface area contributed by atoms with Gasteiger partial charge in [0.15, 0.2) is 0 Å². The van der Waals surface area contributed by atoms with Crippen LogP contribution in [0.25, 0.3) is 0 Å². The quantitative estimate of drug-likeness (QED) is 0.545. The Kier molecular flexibility index (Phi) is 1.41. The van der Waals surface area contributed by atoms with Gasteiger partial charge in [-0.1, -0.05) is 0 Å². The van der Waals surface area contributed by atoms with Crippen molar-refractivity contribution < 1.29 is 0 Å². The second kappa shape index (κ2) is 2.29. The van der Waals surface area contributed by atoms with Crippen LogP contribution in [0.3, 0.4) is 0 Å². The first-order valence-electron chi connectivity index (χ1n) is 4.21. The highest BCUT2D eigenvalue weighted by atomic mass is 15.0. The van der Waals surface area contributed by atoms with Crippen LogP contribution in [0.4, 0.5) is 0 Å². The summed E-state index contributed by atoms with van der Waals surface area (Å²) in [5, 5.41) is 3.29. The third-order valence-electron chi connectivity index (χ3n) is 2.58. The number of hydrogen-bond donors (Lipinski definition) is 2. The Morgan fingerprint density at radius 3 is 3.27 bits per heavy atom. The van der Waals surface area contributed by atoms with E-state index in [1.165, 1.54) is 24.8 Å². The summed E-state index contributed by atoms with van der Waals surface area (Å²) in [4.78, 5) is 0. The SMILES string of the molecule is CC1=C2CCCC2NC(N)=C1. The number of dihydropyridines is 1. The van der Waals surface area contributed by atoms with Gasteiger partial charge in [0, 0.05) is 6.04 Å². The molecule has 2 heteroatoms. The zero-order chi connectivity index (χ0) is 7.84. The van der Waals surface area contributed by atoms with Crippen LogP contribution in [-0.4, -0.2) is 6.04 Å². The maximum absolute atomic E-state index is 5.70. The Balaban J connectivity index is 2.34. The van der Waals surface area contributed by atoms with Gasteiger partial charge in [0.25, 0.3) is 0 Å². The van der Waals surface area contributed by atoms with Crippen molar-refractivity contribution in [2.24, 2.45) is 5.73 Å². The van der Waals surface area contributed by atoms with E-state index >= 15 is 0 Å². The Hall–Kier alpha value is -0.920. The summed E-state index contributed by atoms with van der Waals surface area (Å²) in [6.07, 6.45) is 5.86. The fourth-order valence-electron chi connectivity index (χ4n) is 2.05. The van der Waals surface area contributed by atoms with Crippen molar-refractivity contribution in [2.45, 2.75) is 32.2 Å². The smallest absolute Gasteiger partial charge is 0.0967 e. The largest absolute Gasteiger partial charge is 0.386 e. The Labute approximate surface area is 67.2 Å². The lowest BCUT2D eigenvalue weighted by Gasteiger charge is -2.22. The normalized spacial score (nSPS) is 29.5. The van der Waals surface area contributed by atoms with E-state index in [9.17, 15) is 0 Å². The molecule has 0 aromatic heterocycles. The molecule has 3 N–H and O–H groups in total. The molecule has 2 aliphatic rings. The van der Waals surface area contributed by atoms with E-state index in [4.69, 9.17) is 5.73 Å². The lowest BCUT2D eigenvalue weighted by atomic mass is 10.0. The summed E-state index contributed by atoms with van der Waals surface area (Å²) in [5.74, 6) is 0.832. The Bertz CT molecular complexity index is 238. The molecule has 0 spiro atoms. The molecule has 2 rings (SSSR count). The van der Waals surface area contributed by atoms with Crippen molar-refractivity contribution in [2.75, 3.05) is 0 Å². The molecular formula is C9H14N2. The van der Waals surface area contributed by atoms with Gasteiger partial charge in [-0.2, -0.15) is 0 Å². The summed E-state index contributed by atoms with van der Waals surface area (Å²) < 4.78 is 0. The number of nitrogens with one attached hydrogen (secondary N) is 1. The van der Waals surface area contributed by atoms with Crippen molar-refractivity contribution in [3.05, 3.63) is 23.0 Å². The predicted octanol–water partition coefficient (Wildman–Crippen LogP) is 1.26. The molecular weight excluding hydrogens is 136 g/mol. The van der Waals surface area contributed by atoms with E-state index in [1.54, 1.807) is 5.57 Å². The van der Waals surface area contributed by atoms with Gasteiger partial charge < -0.3 is 11.1 Å². The van der Waals surface area contributed by atoms with Crippen LogP contribution in [0.2, 0.25) is 0 Å². The van der Waals surface area contributed by atoms with Gasteiger partial charge in [-0.3, -0.25) is 0 Å². The minimum Gasteiger partial charge on any atom is -0.386 e. The van der Waals surface area contributed by atoms with Crippen molar-refractivity contribution in [1.29, 1.82) is 0 Å². The molecule has 60 valence electrons. The van der Waals surface area contributed by atoms with Crippen molar-refractivity contribution in [3.8, 4) is 0 Å². The first-order valence-corrected chi connectivity index (χ1v) is 4.21. The van der Waals surface area contributed by atoms with E-state index in [0.29, 0.717) is 6.04 Å². The average Bonchev–Trinajstić information content (AvgIpc) is 2.34. The summed E-state index contributed by atoms with van der Waals surface area (Å²) >= 11 is 0. The molecule has 11 heavy (non-hydrogen) atoms. The summed E-state index contributed by atoms with van der Waals surface area (Å²) in [5.41, 5.74) is 8.64. The second-order valence-corrected chi connectivity index (χ2v) is 3.40. The van der Waals surface area contributed by atoms with Crippen LogP contribution in [0, 0.1) is 0 Å². The van der Waals surface area contributed by atoms with Gasteiger partial charge in [0.1, 0.15) is 0 Å². The van der Waals surface area contributed by atoms with Crippen LogP contribution < -0.4 is 11.1 Å². The molecule has 0 aromatic carbocycles. The third kappa shape index (κ3) is 1.02. The van der Waals surface area contributed by atoms with Gasteiger partial charge in [0.05, 0.1) is 5.82 Å². The highest BCUT2D eigenvalue weighted by molar-refractivity contribution is 5.35. The van der Waals surface area contributed by atoms with Gasteiger partial charge in [-0.15, -0.1) is 0 Å². The lowest BCUT2D eigenvalue weighted by Crippen LogP contribution is -2.33. The van der Waals surface area contributed by atoms with Gasteiger partial charge in [-0.25, -0.2) is 0 Å². The molecule has 1 heterocycles. The van der Waals surface area contributed by atoms with Crippen molar-refractivity contribution in [1.82, 2.24) is 5.32 Å². The van der Waals surface area contributed by atoms with Crippen molar-refractivity contribution >= 4 is 0 Å². The fourth-order valence-corrected chi connectivity index (χ4v) is 2.05. The van der Waals surface area contributed by atoms with Crippen molar-refractivity contribution in [3.63, 3.8) is 0 Å². The molecule has 0 radical (unpaired) electrons. The molecule has 0 bridgehead atoms. The number of hydrogen-bond acceptors (Lipinski definition) is 2. The van der Waals surface area contributed by atoms with Gasteiger partial charge >= 0.3 is 0 Å². The van der Waals surface area contributed by atoms with Crippen LogP contribution in [0.5, 0.6) is 0 Å². The fraction of sp³-hybridized carbons (Fsp3) is 0.556. The highest BCUT2D eigenvalue weighted by Crippen LogP contribution is 2.30. The molecule has 1 atom stereocenters. The second-order valence-electron chi connectivity index (χ2n) is 3.40. The lowest BCUT2D eigenvalue weighted by molar-refractivity contribution is 0.631. The zero-order valence-corrected chi connectivity index (χ0v) is 6.85. The Morgan fingerprint density at radius 1 is 1.64 bits per heavy atom. The topological polar surface area (TPSA) is 38.0 Å². The summed E-state index contributed by atoms with van der Waals surface area (Å²) in [6, 6.07) is 0.556. The molecule has 1 saturated carbocycles. The van der Waals surface area contributed by atoms with Crippen LogP contribution in [-0.2, 0) is 0 Å². The van der Waals surface area contributed by atoms with Crippen LogP contribution in [0.1, 0.15) is 26.2 Å². The molecule has 1 aliphatic carbocycles. The molecule has 1 aliphatic heterocycles. The first kappa shape index (κ1) is 6.77. The summed E-state index contributed by atoms with van der Waals surface area (Å²) in [6.45, 7) is 2.15. The average molecular weight is 150 g/mol. The maximum atomic E-state index is 5.70. The number of rotatable bonds is 0. The number of allylic oxidation sites excluding steroid dienone is 2. The first-order chi connectivity index (χ1) is 5.27. The number of fused-ring (bicyclic) bond motifs is 1. The van der Waals surface area contributed by atoms with E-state index in [1.807, 2.05) is 6.08 Å². The Morgan fingerprint density at radius 2 is 2.45 bits per heavy atom. The maximum Gasteiger partial charge on any atom is 0.0967 e. The molecule has 0 aromatic rings.